The highest BCUT2D eigenvalue weighted by atomic mass is 16.6. The van der Waals surface area contributed by atoms with Crippen LogP contribution in [-0.4, -0.2) is 30.0 Å². The summed E-state index contributed by atoms with van der Waals surface area (Å²) in [5.41, 5.74) is -0.745. The van der Waals surface area contributed by atoms with E-state index in [0.29, 0.717) is 6.54 Å². The van der Waals surface area contributed by atoms with Crippen molar-refractivity contribution >= 4 is 6.09 Å². The van der Waals surface area contributed by atoms with Gasteiger partial charge in [0.15, 0.2) is 0 Å². The number of hydrogen-bond acceptors (Lipinski definition) is 3. The Morgan fingerprint density at radius 1 is 1.16 bits per heavy atom. The average Bonchev–Trinajstić information content (AvgIpc) is 2.30. The van der Waals surface area contributed by atoms with Crippen molar-refractivity contribution in [2.75, 3.05) is 13.2 Å². The number of aliphatic hydroxyl groups is 1. The quantitative estimate of drug-likeness (QED) is 0.666. The Morgan fingerprint density at radius 3 is 2.26 bits per heavy atom. The molecule has 114 valence electrons. The van der Waals surface area contributed by atoms with Crippen molar-refractivity contribution in [1.82, 2.24) is 5.32 Å². The lowest BCUT2D eigenvalue weighted by Crippen LogP contribution is -2.40. The minimum Gasteiger partial charge on any atom is -0.444 e. The third-order valence-electron chi connectivity index (χ3n) is 3.07. The van der Waals surface area contributed by atoms with Crippen molar-refractivity contribution in [2.45, 2.75) is 72.3 Å². The number of hydrogen-bond donors (Lipinski definition) is 2. The van der Waals surface area contributed by atoms with Crippen molar-refractivity contribution in [1.29, 1.82) is 0 Å². The fourth-order valence-electron chi connectivity index (χ4n) is 1.80. The van der Waals surface area contributed by atoms with Crippen LogP contribution in [0.1, 0.15) is 66.7 Å². The van der Waals surface area contributed by atoms with E-state index in [1.807, 2.05) is 27.7 Å². The van der Waals surface area contributed by atoms with Gasteiger partial charge in [0.2, 0.25) is 0 Å². The number of carbonyl (C=O) groups is 1. The van der Waals surface area contributed by atoms with Gasteiger partial charge in [0.25, 0.3) is 0 Å². The molecule has 2 N–H and O–H groups in total. The topological polar surface area (TPSA) is 58.6 Å². The third kappa shape index (κ3) is 9.77. The Kier molecular flexibility index (Phi) is 8.07. The van der Waals surface area contributed by atoms with Gasteiger partial charge in [0, 0.05) is 12.0 Å². The van der Waals surface area contributed by atoms with E-state index in [1.165, 1.54) is 19.3 Å². The van der Waals surface area contributed by atoms with Crippen molar-refractivity contribution in [3.05, 3.63) is 0 Å². The molecule has 0 radical (unpaired) electrons. The Labute approximate surface area is 117 Å². The molecule has 0 aliphatic heterocycles. The van der Waals surface area contributed by atoms with Crippen LogP contribution in [0, 0.1) is 5.41 Å². The predicted octanol–water partition coefficient (Wildman–Crippen LogP) is 3.48. The Balaban J connectivity index is 4.05. The lowest BCUT2D eigenvalue weighted by molar-refractivity contribution is 0.0470. The number of ether oxygens (including phenoxy) is 1. The normalized spacial score (nSPS) is 14.8. The molecule has 0 fully saturated rings. The van der Waals surface area contributed by atoms with Crippen molar-refractivity contribution < 1.29 is 14.6 Å². The van der Waals surface area contributed by atoms with Gasteiger partial charge >= 0.3 is 6.09 Å². The van der Waals surface area contributed by atoms with E-state index in [1.54, 1.807) is 0 Å². The number of alkyl carbamates (subject to hydrolysis) is 1. The van der Waals surface area contributed by atoms with Crippen molar-refractivity contribution in [3.63, 3.8) is 0 Å². The summed E-state index contributed by atoms with van der Waals surface area (Å²) in [5, 5.41) is 12.2. The van der Waals surface area contributed by atoms with Gasteiger partial charge < -0.3 is 15.2 Å². The zero-order valence-electron chi connectivity index (χ0n) is 13.2. The van der Waals surface area contributed by atoms with E-state index in [-0.39, 0.29) is 12.0 Å². The molecular weight excluding hydrogens is 242 g/mol. The van der Waals surface area contributed by atoms with Crippen LogP contribution in [0.4, 0.5) is 4.79 Å². The van der Waals surface area contributed by atoms with Crippen molar-refractivity contribution in [2.24, 2.45) is 5.41 Å². The minimum atomic E-state index is -0.485. The van der Waals surface area contributed by atoms with Crippen LogP contribution < -0.4 is 5.32 Å². The Bertz CT molecular complexity index is 261. The first-order valence-electron chi connectivity index (χ1n) is 7.30. The molecule has 0 spiro atoms. The number of aliphatic hydroxyl groups excluding tert-OH is 1. The van der Waals surface area contributed by atoms with Crippen molar-refractivity contribution in [3.8, 4) is 0 Å². The number of unbranched alkanes of at least 4 members (excludes halogenated alkanes) is 3. The van der Waals surface area contributed by atoms with Crippen LogP contribution in [-0.2, 0) is 4.74 Å². The standard InChI is InChI=1S/C15H31NO3/c1-6-7-8-9-10-15(5,12-17)11-16-13(18)19-14(2,3)4/h17H,6-12H2,1-5H3,(H,16,18). The maximum atomic E-state index is 11.6. The van der Waals surface area contributed by atoms with E-state index in [4.69, 9.17) is 4.74 Å². The van der Waals surface area contributed by atoms with E-state index < -0.39 is 11.7 Å². The van der Waals surface area contributed by atoms with Gasteiger partial charge in [-0.25, -0.2) is 4.79 Å². The first-order chi connectivity index (χ1) is 8.72. The Hall–Kier alpha value is -0.770. The fourth-order valence-corrected chi connectivity index (χ4v) is 1.80. The molecule has 0 bridgehead atoms. The van der Waals surface area contributed by atoms with Gasteiger partial charge in [-0.2, -0.15) is 0 Å². The highest BCUT2D eigenvalue weighted by Crippen LogP contribution is 2.23. The molecule has 0 aromatic heterocycles. The molecule has 0 aliphatic rings. The molecule has 0 heterocycles. The molecule has 4 nitrogen and oxygen atoms in total. The number of amides is 1. The molecule has 0 aromatic carbocycles. The van der Waals surface area contributed by atoms with Crippen LogP contribution in [0.15, 0.2) is 0 Å². The summed E-state index contributed by atoms with van der Waals surface area (Å²) in [6, 6.07) is 0. The summed E-state index contributed by atoms with van der Waals surface area (Å²) in [4.78, 5) is 11.6. The molecule has 0 rings (SSSR count). The zero-order chi connectivity index (χ0) is 14.9. The first-order valence-corrected chi connectivity index (χ1v) is 7.30. The number of carbonyl (C=O) groups excluding carboxylic acids is 1. The molecule has 0 aliphatic carbocycles. The average molecular weight is 273 g/mol. The number of nitrogens with one attached hydrogen (secondary N) is 1. The molecule has 1 amide bonds. The van der Waals surface area contributed by atoms with Crippen LogP contribution in [0.2, 0.25) is 0 Å². The highest BCUT2D eigenvalue weighted by Gasteiger charge is 2.25. The molecule has 19 heavy (non-hydrogen) atoms. The van der Waals surface area contributed by atoms with Crippen LogP contribution in [0.5, 0.6) is 0 Å². The molecular formula is C15H31NO3. The molecule has 1 unspecified atom stereocenters. The second-order valence-electron chi connectivity index (χ2n) is 6.63. The third-order valence-corrected chi connectivity index (χ3v) is 3.07. The maximum absolute atomic E-state index is 11.6. The molecule has 1 atom stereocenters. The summed E-state index contributed by atoms with van der Waals surface area (Å²) >= 11 is 0. The molecule has 0 saturated heterocycles. The summed E-state index contributed by atoms with van der Waals surface area (Å²) < 4.78 is 5.19. The Morgan fingerprint density at radius 2 is 1.79 bits per heavy atom. The van der Waals surface area contributed by atoms with Gasteiger partial charge in [-0.15, -0.1) is 0 Å². The lowest BCUT2D eigenvalue weighted by Gasteiger charge is -2.28. The van der Waals surface area contributed by atoms with Crippen LogP contribution in [0.3, 0.4) is 0 Å². The highest BCUT2D eigenvalue weighted by molar-refractivity contribution is 5.67. The summed E-state index contributed by atoms with van der Waals surface area (Å²) in [6.45, 7) is 10.2. The van der Waals surface area contributed by atoms with Gasteiger partial charge in [0.1, 0.15) is 5.60 Å². The zero-order valence-corrected chi connectivity index (χ0v) is 13.2. The summed E-state index contributed by atoms with van der Waals surface area (Å²) in [6.07, 6.45) is 5.19. The summed E-state index contributed by atoms with van der Waals surface area (Å²) in [7, 11) is 0. The van der Waals surface area contributed by atoms with Crippen LogP contribution >= 0.6 is 0 Å². The minimum absolute atomic E-state index is 0.0783. The molecule has 4 heteroatoms. The maximum Gasteiger partial charge on any atom is 0.407 e. The predicted molar refractivity (Wildman–Crippen MR) is 78.2 cm³/mol. The van der Waals surface area contributed by atoms with E-state index in [0.717, 1.165) is 12.8 Å². The van der Waals surface area contributed by atoms with E-state index in [9.17, 15) is 9.90 Å². The smallest absolute Gasteiger partial charge is 0.407 e. The van der Waals surface area contributed by atoms with Gasteiger partial charge in [-0.3, -0.25) is 0 Å². The monoisotopic (exact) mass is 273 g/mol. The fraction of sp³-hybridized carbons (Fsp3) is 0.933. The summed E-state index contributed by atoms with van der Waals surface area (Å²) in [5.74, 6) is 0. The SMILES string of the molecule is CCCCCCC(C)(CO)CNC(=O)OC(C)(C)C. The van der Waals surface area contributed by atoms with E-state index in [2.05, 4.69) is 12.2 Å². The van der Waals surface area contributed by atoms with Gasteiger partial charge in [0.05, 0.1) is 6.61 Å². The second kappa shape index (κ2) is 8.41. The van der Waals surface area contributed by atoms with Gasteiger partial charge in [-0.1, -0.05) is 39.5 Å². The number of rotatable bonds is 8. The first kappa shape index (κ1) is 18.2. The van der Waals surface area contributed by atoms with Crippen LogP contribution in [0.25, 0.3) is 0 Å². The second-order valence-corrected chi connectivity index (χ2v) is 6.63. The largest absolute Gasteiger partial charge is 0.444 e. The molecule has 0 saturated carbocycles. The lowest BCUT2D eigenvalue weighted by atomic mass is 9.85. The molecule has 0 aromatic rings. The van der Waals surface area contributed by atoms with Gasteiger partial charge in [-0.05, 0) is 27.2 Å². The van der Waals surface area contributed by atoms with E-state index >= 15 is 0 Å².